The number of amides is 1. The SMILES string of the molecule is CC(=O)c1ccc(Nc2ccc(C(=O)NC(C)c3ccccc3)nc2)cc1. The number of benzene rings is 2. The van der Waals surface area contributed by atoms with E-state index in [1.54, 1.807) is 30.5 Å². The van der Waals surface area contributed by atoms with Gasteiger partial charge in [0.25, 0.3) is 5.91 Å². The number of carbonyl (C=O) groups excluding carboxylic acids is 2. The van der Waals surface area contributed by atoms with Crippen molar-refractivity contribution in [1.82, 2.24) is 10.3 Å². The van der Waals surface area contributed by atoms with Crippen molar-refractivity contribution in [3.63, 3.8) is 0 Å². The van der Waals surface area contributed by atoms with E-state index in [1.807, 2.05) is 49.4 Å². The molecule has 0 aliphatic rings. The number of carbonyl (C=O) groups is 2. The van der Waals surface area contributed by atoms with Gasteiger partial charge in [-0.3, -0.25) is 9.59 Å². The molecule has 0 saturated heterocycles. The van der Waals surface area contributed by atoms with Crippen LogP contribution in [0.3, 0.4) is 0 Å². The van der Waals surface area contributed by atoms with Crippen LogP contribution in [0.4, 0.5) is 11.4 Å². The van der Waals surface area contributed by atoms with Crippen molar-refractivity contribution in [2.45, 2.75) is 19.9 Å². The van der Waals surface area contributed by atoms with Crippen molar-refractivity contribution in [2.24, 2.45) is 0 Å². The minimum Gasteiger partial charge on any atom is -0.354 e. The van der Waals surface area contributed by atoms with Crippen molar-refractivity contribution in [3.05, 3.63) is 89.7 Å². The number of aromatic nitrogens is 1. The van der Waals surface area contributed by atoms with Gasteiger partial charge in [0.2, 0.25) is 0 Å². The van der Waals surface area contributed by atoms with E-state index in [2.05, 4.69) is 15.6 Å². The number of ketones is 1. The Morgan fingerprint density at radius 3 is 2.15 bits per heavy atom. The molecule has 0 fully saturated rings. The molecule has 0 bridgehead atoms. The monoisotopic (exact) mass is 359 g/mol. The molecule has 3 rings (SSSR count). The Balaban J connectivity index is 1.62. The molecule has 0 spiro atoms. The van der Waals surface area contributed by atoms with Crippen molar-refractivity contribution in [3.8, 4) is 0 Å². The average molecular weight is 359 g/mol. The summed E-state index contributed by atoms with van der Waals surface area (Å²) in [7, 11) is 0. The molecule has 27 heavy (non-hydrogen) atoms. The lowest BCUT2D eigenvalue weighted by Crippen LogP contribution is -2.27. The zero-order valence-corrected chi connectivity index (χ0v) is 15.3. The second-order valence-corrected chi connectivity index (χ2v) is 6.30. The Bertz CT molecular complexity index is 920. The first-order valence-corrected chi connectivity index (χ1v) is 8.73. The fraction of sp³-hybridized carbons (Fsp3) is 0.136. The van der Waals surface area contributed by atoms with Gasteiger partial charge in [0.05, 0.1) is 17.9 Å². The van der Waals surface area contributed by atoms with Crippen LogP contribution in [0.1, 0.15) is 46.3 Å². The van der Waals surface area contributed by atoms with Gasteiger partial charge in [-0.2, -0.15) is 0 Å². The lowest BCUT2D eigenvalue weighted by Gasteiger charge is -2.14. The summed E-state index contributed by atoms with van der Waals surface area (Å²) in [4.78, 5) is 27.9. The van der Waals surface area contributed by atoms with Gasteiger partial charge in [0.15, 0.2) is 5.78 Å². The minimum atomic E-state index is -0.219. The zero-order valence-electron chi connectivity index (χ0n) is 15.3. The molecule has 1 unspecified atom stereocenters. The fourth-order valence-corrected chi connectivity index (χ4v) is 2.65. The summed E-state index contributed by atoms with van der Waals surface area (Å²) in [6.45, 7) is 3.47. The first-order chi connectivity index (χ1) is 13.0. The summed E-state index contributed by atoms with van der Waals surface area (Å²) in [5, 5.41) is 6.14. The molecule has 5 nitrogen and oxygen atoms in total. The topological polar surface area (TPSA) is 71.1 Å². The van der Waals surface area contributed by atoms with Crippen LogP contribution in [0.25, 0.3) is 0 Å². The number of anilines is 2. The van der Waals surface area contributed by atoms with Gasteiger partial charge in [-0.1, -0.05) is 30.3 Å². The summed E-state index contributed by atoms with van der Waals surface area (Å²) in [5.74, 6) is -0.188. The molecular formula is C22H21N3O2. The van der Waals surface area contributed by atoms with Crippen LogP contribution in [0.5, 0.6) is 0 Å². The zero-order chi connectivity index (χ0) is 19.2. The molecule has 2 N–H and O–H groups in total. The highest BCUT2D eigenvalue weighted by molar-refractivity contribution is 5.94. The summed E-state index contributed by atoms with van der Waals surface area (Å²) < 4.78 is 0. The molecule has 3 aromatic rings. The Labute approximate surface area is 158 Å². The number of rotatable bonds is 6. The first kappa shape index (κ1) is 18.3. The maximum absolute atomic E-state index is 12.4. The Hall–Kier alpha value is -3.47. The third kappa shape index (κ3) is 4.79. The van der Waals surface area contributed by atoms with Gasteiger partial charge in [-0.05, 0) is 55.8 Å². The molecule has 0 aliphatic carbocycles. The maximum atomic E-state index is 12.4. The largest absolute Gasteiger partial charge is 0.354 e. The maximum Gasteiger partial charge on any atom is 0.270 e. The van der Waals surface area contributed by atoms with Gasteiger partial charge in [0, 0.05) is 11.3 Å². The molecule has 1 aromatic heterocycles. The minimum absolute atomic E-state index is 0.0308. The van der Waals surface area contributed by atoms with E-state index in [-0.39, 0.29) is 17.7 Å². The third-order valence-corrected chi connectivity index (χ3v) is 4.22. The normalized spacial score (nSPS) is 11.5. The number of nitrogens with zero attached hydrogens (tertiary/aromatic N) is 1. The Morgan fingerprint density at radius 2 is 1.56 bits per heavy atom. The van der Waals surface area contributed by atoms with Crippen LogP contribution in [0.15, 0.2) is 72.9 Å². The van der Waals surface area contributed by atoms with Crippen molar-refractivity contribution < 1.29 is 9.59 Å². The first-order valence-electron chi connectivity index (χ1n) is 8.73. The standard InChI is InChI=1S/C22H21N3O2/c1-15(17-6-4-3-5-7-17)24-22(27)21-13-12-20(14-23-21)25-19-10-8-18(9-11-19)16(2)26/h3-15,25H,1-2H3,(H,24,27). The van der Waals surface area contributed by atoms with Crippen molar-refractivity contribution in [1.29, 1.82) is 0 Å². The number of Topliss-reactive ketones (excluding diaryl/α,β-unsaturated/α-hetero) is 1. The summed E-state index contributed by atoms with van der Waals surface area (Å²) in [6, 6.07) is 20.4. The summed E-state index contributed by atoms with van der Waals surface area (Å²) >= 11 is 0. The summed E-state index contributed by atoms with van der Waals surface area (Å²) in [5.41, 5.74) is 3.67. The van der Waals surface area contributed by atoms with Crippen LogP contribution >= 0.6 is 0 Å². The van der Waals surface area contributed by atoms with E-state index < -0.39 is 0 Å². The molecular weight excluding hydrogens is 338 g/mol. The lowest BCUT2D eigenvalue weighted by atomic mass is 10.1. The van der Waals surface area contributed by atoms with Crippen molar-refractivity contribution >= 4 is 23.1 Å². The Morgan fingerprint density at radius 1 is 0.889 bits per heavy atom. The molecule has 1 atom stereocenters. The van der Waals surface area contributed by atoms with E-state index >= 15 is 0 Å². The average Bonchev–Trinajstić information content (AvgIpc) is 2.69. The highest BCUT2D eigenvalue weighted by atomic mass is 16.2. The molecule has 2 aromatic carbocycles. The van der Waals surface area contributed by atoms with Crippen LogP contribution in [-0.2, 0) is 0 Å². The summed E-state index contributed by atoms with van der Waals surface area (Å²) in [6.07, 6.45) is 1.61. The van der Waals surface area contributed by atoms with Crippen LogP contribution in [0, 0.1) is 0 Å². The molecule has 1 amide bonds. The highest BCUT2D eigenvalue weighted by Crippen LogP contribution is 2.17. The van der Waals surface area contributed by atoms with E-state index in [0.717, 1.165) is 16.9 Å². The van der Waals surface area contributed by atoms with Crippen LogP contribution < -0.4 is 10.6 Å². The quantitative estimate of drug-likeness (QED) is 0.635. The molecule has 136 valence electrons. The van der Waals surface area contributed by atoms with Crippen molar-refractivity contribution in [2.75, 3.05) is 5.32 Å². The number of hydrogen-bond acceptors (Lipinski definition) is 4. The van der Waals surface area contributed by atoms with E-state index in [1.165, 1.54) is 6.92 Å². The molecule has 0 aliphatic heterocycles. The molecule has 0 radical (unpaired) electrons. The molecule has 0 saturated carbocycles. The Kier molecular flexibility index (Phi) is 5.61. The second kappa shape index (κ2) is 8.27. The lowest BCUT2D eigenvalue weighted by molar-refractivity contribution is 0.0934. The molecule has 5 heteroatoms. The smallest absolute Gasteiger partial charge is 0.270 e. The van der Waals surface area contributed by atoms with Crippen LogP contribution in [-0.4, -0.2) is 16.7 Å². The van der Waals surface area contributed by atoms with E-state index in [0.29, 0.717) is 11.3 Å². The number of nitrogens with one attached hydrogen (secondary N) is 2. The van der Waals surface area contributed by atoms with Gasteiger partial charge < -0.3 is 10.6 Å². The van der Waals surface area contributed by atoms with Gasteiger partial charge in [0.1, 0.15) is 5.69 Å². The van der Waals surface area contributed by atoms with E-state index in [9.17, 15) is 9.59 Å². The fourth-order valence-electron chi connectivity index (χ4n) is 2.65. The van der Waals surface area contributed by atoms with Gasteiger partial charge in [-0.25, -0.2) is 4.98 Å². The van der Waals surface area contributed by atoms with E-state index in [4.69, 9.17) is 0 Å². The van der Waals surface area contributed by atoms with Gasteiger partial charge >= 0.3 is 0 Å². The van der Waals surface area contributed by atoms with Crippen LogP contribution in [0.2, 0.25) is 0 Å². The predicted molar refractivity (Wildman–Crippen MR) is 106 cm³/mol. The second-order valence-electron chi connectivity index (χ2n) is 6.30. The number of pyridine rings is 1. The third-order valence-electron chi connectivity index (χ3n) is 4.22. The molecule has 1 heterocycles. The predicted octanol–water partition coefficient (Wildman–Crippen LogP) is 4.52. The van der Waals surface area contributed by atoms with Gasteiger partial charge in [-0.15, -0.1) is 0 Å². The number of hydrogen-bond donors (Lipinski definition) is 2. The highest BCUT2D eigenvalue weighted by Gasteiger charge is 2.12.